The minimum atomic E-state index is -3.87. The molecule has 0 radical (unpaired) electrons. The molecule has 0 saturated carbocycles. The Morgan fingerprint density at radius 2 is 1.44 bits per heavy atom. The van der Waals surface area contributed by atoms with Crippen LogP contribution < -0.4 is 10.0 Å². The standard InChI is InChI=1S/C20H17FN2O3S/c1-14-10-12-15(13-11-14)27(25,26)23-18-8-4-2-6-16(18)20(24)22-19-9-5-3-7-17(19)21/h2-13,23H,1H3,(H,22,24). The van der Waals surface area contributed by atoms with Gasteiger partial charge < -0.3 is 5.32 Å². The molecular weight excluding hydrogens is 367 g/mol. The molecule has 3 rings (SSSR count). The van der Waals surface area contributed by atoms with Gasteiger partial charge in [-0.2, -0.15) is 0 Å². The predicted molar refractivity (Wildman–Crippen MR) is 103 cm³/mol. The summed E-state index contributed by atoms with van der Waals surface area (Å²) in [5, 5.41) is 2.45. The van der Waals surface area contributed by atoms with Crippen molar-refractivity contribution in [3.8, 4) is 0 Å². The molecule has 0 heterocycles. The molecule has 1 amide bonds. The first kappa shape index (κ1) is 18.6. The lowest BCUT2D eigenvalue weighted by Crippen LogP contribution is -2.19. The van der Waals surface area contributed by atoms with Gasteiger partial charge in [0.05, 0.1) is 21.8 Å². The fourth-order valence-corrected chi connectivity index (χ4v) is 3.52. The molecule has 3 aromatic rings. The summed E-state index contributed by atoms with van der Waals surface area (Å²) in [6, 6.07) is 18.2. The molecule has 0 saturated heterocycles. The normalized spacial score (nSPS) is 11.0. The Bertz CT molecular complexity index is 1080. The SMILES string of the molecule is Cc1ccc(S(=O)(=O)Nc2ccccc2C(=O)Nc2ccccc2F)cc1. The first-order chi connectivity index (χ1) is 12.9. The monoisotopic (exact) mass is 384 g/mol. The van der Waals surface area contributed by atoms with Crippen LogP contribution in [0.15, 0.2) is 77.7 Å². The molecule has 27 heavy (non-hydrogen) atoms. The third-order valence-electron chi connectivity index (χ3n) is 3.87. The van der Waals surface area contributed by atoms with Gasteiger partial charge in [-0.15, -0.1) is 0 Å². The molecule has 0 spiro atoms. The fourth-order valence-electron chi connectivity index (χ4n) is 2.44. The predicted octanol–water partition coefficient (Wildman–Crippen LogP) is 4.19. The number of halogens is 1. The molecule has 0 aliphatic rings. The molecule has 7 heteroatoms. The van der Waals surface area contributed by atoms with Crippen molar-refractivity contribution in [1.82, 2.24) is 0 Å². The minimum absolute atomic E-state index is 0.0127. The average molecular weight is 384 g/mol. The number of benzene rings is 3. The topological polar surface area (TPSA) is 75.3 Å². The molecule has 0 atom stereocenters. The Labute approximate surface area is 156 Å². The maximum atomic E-state index is 13.8. The van der Waals surface area contributed by atoms with Gasteiger partial charge >= 0.3 is 0 Å². The molecule has 0 aromatic heterocycles. The van der Waals surface area contributed by atoms with Crippen LogP contribution in [0.1, 0.15) is 15.9 Å². The second kappa shape index (κ2) is 7.59. The van der Waals surface area contributed by atoms with Crippen molar-refractivity contribution in [3.05, 3.63) is 89.7 Å². The number of nitrogens with one attached hydrogen (secondary N) is 2. The lowest BCUT2D eigenvalue weighted by Gasteiger charge is -2.13. The highest BCUT2D eigenvalue weighted by atomic mass is 32.2. The highest BCUT2D eigenvalue weighted by Gasteiger charge is 2.19. The van der Waals surface area contributed by atoms with Crippen molar-refractivity contribution in [2.75, 3.05) is 10.0 Å². The largest absolute Gasteiger partial charge is 0.319 e. The van der Waals surface area contributed by atoms with E-state index in [1.807, 2.05) is 6.92 Å². The van der Waals surface area contributed by atoms with E-state index in [1.54, 1.807) is 30.3 Å². The summed E-state index contributed by atoms with van der Waals surface area (Å²) in [7, 11) is -3.87. The maximum absolute atomic E-state index is 13.8. The van der Waals surface area contributed by atoms with Crippen LogP contribution in [0.25, 0.3) is 0 Å². The first-order valence-corrected chi connectivity index (χ1v) is 9.59. The van der Waals surface area contributed by atoms with Gasteiger partial charge in [-0.1, -0.05) is 42.0 Å². The molecule has 5 nitrogen and oxygen atoms in total. The minimum Gasteiger partial charge on any atom is -0.319 e. The quantitative estimate of drug-likeness (QED) is 0.693. The van der Waals surface area contributed by atoms with Crippen molar-refractivity contribution in [1.29, 1.82) is 0 Å². The van der Waals surface area contributed by atoms with E-state index in [0.717, 1.165) is 5.56 Å². The molecule has 0 aliphatic carbocycles. The van der Waals surface area contributed by atoms with Gasteiger partial charge in [0.1, 0.15) is 5.82 Å². The van der Waals surface area contributed by atoms with E-state index in [0.29, 0.717) is 0 Å². The van der Waals surface area contributed by atoms with Gasteiger partial charge in [0.25, 0.3) is 15.9 Å². The maximum Gasteiger partial charge on any atom is 0.261 e. The van der Waals surface area contributed by atoms with Crippen molar-refractivity contribution >= 4 is 27.3 Å². The number of carbonyl (C=O) groups is 1. The molecule has 0 unspecified atom stereocenters. The number of hydrogen-bond donors (Lipinski definition) is 2. The Balaban J connectivity index is 1.89. The van der Waals surface area contributed by atoms with E-state index in [2.05, 4.69) is 10.0 Å². The van der Waals surface area contributed by atoms with Gasteiger partial charge in [0, 0.05) is 0 Å². The Kier molecular flexibility index (Phi) is 5.23. The molecule has 0 bridgehead atoms. The van der Waals surface area contributed by atoms with Gasteiger partial charge in [0.2, 0.25) is 0 Å². The number of carbonyl (C=O) groups excluding carboxylic acids is 1. The smallest absolute Gasteiger partial charge is 0.261 e. The Hall–Kier alpha value is -3.19. The van der Waals surface area contributed by atoms with Gasteiger partial charge in [-0.25, -0.2) is 12.8 Å². The fraction of sp³-hybridized carbons (Fsp3) is 0.0500. The third kappa shape index (κ3) is 4.32. The molecule has 138 valence electrons. The van der Waals surface area contributed by atoms with E-state index < -0.39 is 21.7 Å². The van der Waals surface area contributed by atoms with Crippen LogP contribution in [0.4, 0.5) is 15.8 Å². The first-order valence-electron chi connectivity index (χ1n) is 8.11. The summed E-state index contributed by atoms with van der Waals surface area (Å²) >= 11 is 0. The summed E-state index contributed by atoms with van der Waals surface area (Å²) in [6.07, 6.45) is 0. The van der Waals surface area contributed by atoms with E-state index in [-0.39, 0.29) is 21.8 Å². The lowest BCUT2D eigenvalue weighted by atomic mass is 10.1. The van der Waals surface area contributed by atoms with Crippen LogP contribution in [0.2, 0.25) is 0 Å². The van der Waals surface area contributed by atoms with Crippen LogP contribution in [-0.2, 0) is 10.0 Å². The number of aryl methyl sites for hydroxylation is 1. The number of anilines is 2. The Morgan fingerprint density at radius 3 is 2.11 bits per heavy atom. The lowest BCUT2D eigenvalue weighted by molar-refractivity contribution is 0.102. The van der Waals surface area contributed by atoms with Crippen LogP contribution in [-0.4, -0.2) is 14.3 Å². The van der Waals surface area contributed by atoms with E-state index in [1.165, 1.54) is 42.5 Å². The molecule has 0 fully saturated rings. The summed E-state index contributed by atoms with van der Waals surface area (Å²) in [5.74, 6) is -1.20. The van der Waals surface area contributed by atoms with Gasteiger partial charge in [0.15, 0.2) is 0 Å². The average Bonchev–Trinajstić information content (AvgIpc) is 2.64. The molecule has 0 aliphatic heterocycles. The zero-order valence-corrected chi connectivity index (χ0v) is 15.3. The van der Waals surface area contributed by atoms with Gasteiger partial charge in [-0.05, 0) is 43.3 Å². The van der Waals surface area contributed by atoms with Gasteiger partial charge in [-0.3, -0.25) is 9.52 Å². The molecule has 3 aromatic carbocycles. The summed E-state index contributed by atoms with van der Waals surface area (Å²) in [6.45, 7) is 1.85. The molecular formula is C20H17FN2O3S. The van der Waals surface area contributed by atoms with E-state index >= 15 is 0 Å². The zero-order chi connectivity index (χ0) is 19.4. The summed E-state index contributed by atoms with van der Waals surface area (Å²) < 4.78 is 41.4. The van der Waals surface area contributed by atoms with Crippen molar-refractivity contribution in [2.45, 2.75) is 11.8 Å². The van der Waals surface area contributed by atoms with Crippen LogP contribution in [0.5, 0.6) is 0 Å². The van der Waals surface area contributed by atoms with E-state index in [9.17, 15) is 17.6 Å². The Morgan fingerprint density at radius 1 is 0.852 bits per heavy atom. The zero-order valence-electron chi connectivity index (χ0n) is 14.4. The van der Waals surface area contributed by atoms with Crippen LogP contribution >= 0.6 is 0 Å². The number of hydrogen-bond acceptors (Lipinski definition) is 3. The van der Waals surface area contributed by atoms with Crippen molar-refractivity contribution in [2.24, 2.45) is 0 Å². The highest BCUT2D eigenvalue weighted by molar-refractivity contribution is 7.92. The van der Waals surface area contributed by atoms with Crippen LogP contribution in [0, 0.1) is 12.7 Å². The summed E-state index contributed by atoms with van der Waals surface area (Å²) in [4.78, 5) is 12.6. The van der Waals surface area contributed by atoms with Crippen molar-refractivity contribution < 1.29 is 17.6 Å². The summed E-state index contributed by atoms with van der Waals surface area (Å²) in [5.41, 5.74) is 1.13. The van der Waals surface area contributed by atoms with Crippen molar-refractivity contribution in [3.63, 3.8) is 0 Å². The second-order valence-corrected chi connectivity index (χ2v) is 7.58. The number of amides is 1. The molecule has 2 N–H and O–H groups in total. The number of para-hydroxylation sites is 2. The van der Waals surface area contributed by atoms with E-state index in [4.69, 9.17) is 0 Å². The number of sulfonamides is 1. The number of rotatable bonds is 5. The van der Waals surface area contributed by atoms with Crippen LogP contribution in [0.3, 0.4) is 0 Å². The highest BCUT2D eigenvalue weighted by Crippen LogP contribution is 2.22. The second-order valence-electron chi connectivity index (χ2n) is 5.90. The third-order valence-corrected chi connectivity index (χ3v) is 5.25.